The zero-order valence-electron chi connectivity index (χ0n) is 17.9. The van der Waals surface area contributed by atoms with E-state index in [9.17, 15) is 10.1 Å². The maximum atomic E-state index is 13.3. The molecule has 0 heterocycles. The largest absolute Gasteiger partial charge is 0.493 e. The lowest BCUT2D eigenvalue weighted by Gasteiger charge is -2.23. The summed E-state index contributed by atoms with van der Waals surface area (Å²) in [5, 5.41) is 18.7. The Balaban J connectivity index is 1.92. The molecule has 3 aromatic carbocycles. The van der Waals surface area contributed by atoms with Gasteiger partial charge in [0.25, 0.3) is 5.91 Å². The second-order valence-electron chi connectivity index (χ2n) is 6.87. The molecule has 6 nitrogen and oxygen atoms in total. The summed E-state index contributed by atoms with van der Waals surface area (Å²) >= 11 is 6.17. The fourth-order valence-corrected chi connectivity index (χ4v) is 3.31. The Kier molecular flexibility index (Phi) is 8.07. The van der Waals surface area contributed by atoms with Crippen LogP contribution in [0.25, 0.3) is 6.08 Å². The third-order valence-electron chi connectivity index (χ3n) is 4.72. The second kappa shape index (κ2) is 11.4. The predicted octanol–water partition coefficient (Wildman–Crippen LogP) is 5.37. The third-order valence-corrected chi connectivity index (χ3v) is 4.95. The Bertz CT molecular complexity index is 1240. The van der Waals surface area contributed by atoms with Gasteiger partial charge in [-0.3, -0.25) is 4.79 Å². The van der Waals surface area contributed by atoms with Crippen molar-refractivity contribution in [1.82, 2.24) is 0 Å². The summed E-state index contributed by atoms with van der Waals surface area (Å²) in [7, 11) is 1.50. The molecule has 0 saturated heterocycles. The van der Waals surface area contributed by atoms with Crippen LogP contribution in [0, 0.1) is 22.7 Å². The fraction of sp³-hybridized carbons (Fsp3) is 0.115. The molecule has 1 amide bonds. The zero-order chi connectivity index (χ0) is 23.6. The van der Waals surface area contributed by atoms with E-state index in [4.69, 9.17) is 26.3 Å². The number of benzene rings is 3. The van der Waals surface area contributed by atoms with Crippen molar-refractivity contribution in [1.29, 1.82) is 10.5 Å². The van der Waals surface area contributed by atoms with E-state index < -0.39 is 0 Å². The van der Waals surface area contributed by atoms with Gasteiger partial charge >= 0.3 is 0 Å². The molecule has 0 aromatic heterocycles. The molecule has 7 heteroatoms. The zero-order valence-corrected chi connectivity index (χ0v) is 18.6. The number of rotatable bonds is 8. The van der Waals surface area contributed by atoms with E-state index in [1.807, 2.05) is 36.4 Å². The quantitative estimate of drug-likeness (QED) is 0.424. The standard InChI is InChI=1S/C26H20ClN3O3/c1-32-25-15-19(7-11-24(25)33-14-13-28)8-12-26(31)30(18-20-5-3-2-4-6-20)23-16-22(27)10-9-21(23)17-29/h2-12,15-16H,14,18H2,1H3/b12-8-. The van der Waals surface area contributed by atoms with Gasteiger partial charge in [0.2, 0.25) is 0 Å². The molecule has 0 N–H and O–H groups in total. The van der Waals surface area contributed by atoms with E-state index in [2.05, 4.69) is 6.07 Å². The van der Waals surface area contributed by atoms with Gasteiger partial charge in [-0.25, -0.2) is 0 Å². The van der Waals surface area contributed by atoms with E-state index in [-0.39, 0.29) is 19.1 Å². The summed E-state index contributed by atoms with van der Waals surface area (Å²) in [5.74, 6) is 0.565. The van der Waals surface area contributed by atoms with Gasteiger partial charge in [0, 0.05) is 11.1 Å². The summed E-state index contributed by atoms with van der Waals surface area (Å²) in [5.41, 5.74) is 2.39. The number of methoxy groups -OCH3 is 1. The number of hydrogen-bond donors (Lipinski definition) is 0. The van der Waals surface area contributed by atoms with Crippen LogP contribution in [0.3, 0.4) is 0 Å². The minimum atomic E-state index is -0.318. The van der Waals surface area contributed by atoms with Crippen molar-refractivity contribution in [2.45, 2.75) is 6.54 Å². The molecule has 0 aliphatic carbocycles. The number of nitrogens with zero attached hydrogens (tertiary/aromatic N) is 3. The molecule has 0 radical (unpaired) electrons. The molecule has 0 aliphatic heterocycles. The first-order chi connectivity index (χ1) is 16.0. The van der Waals surface area contributed by atoms with Crippen molar-refractivity contribution in [3.63, 3.8) is 0 Å². The van der Waals surface area contributed by atoms with Crippen LogP contribution in [0.5, 0.6) is 11.5 Å². The van der Waals surface area contributed by atoms with Gasteiger partial charge in [0.15, 0.2) is 18.1 Å². The highest BCUT2D eigenvalue weighted by Gasteiger charge is 2.18. The molecule has 0 spiro atoms. The number of amides is 1. The lowest BCUT2D eigenvalue weighted by atomic mass is 10.1. The molecule has 3 rings (SSSR count). The predicted molar refractivity (Wildman–Crippen MR) is 127 cm³/mol. The van der Waals surface area contributed by atoms with Gasteiger partial charge in [-0.15, -0.1) is 0 Å². The molecule has 0 unspecified atom stereocenters. The molecule has 0 saturated carbocycles. The molecular weight excluding hydrogens is 438 g/mol. The van der Waals surface area contributed by atoms with E-state index in [0.29, 0.717) is 33.3 Å². The highest BCUT2D eigenvalue weighted by atomic mass is 35.5. The van der Waals surface area contributed by atoms with E-state index in [0.717, 1.165) is 5.56 Å². The van der Waals surface area contributed by atoms with Crippen molar-refractivity contribution in [3.05, 3.63) is 94.5 Å². The lowest BCUT2D eigenvalue weighted by molar-refractivity contribution is -0.114. The summed E-state index contributed by atoms with van der Waals surface area (Å²) < 4.78 is 10.6. The van der Waals surface area contributed by atoms with Crippen molar-refractivity contribution >= 4 is 29.3 Å². The Hall–Kier alpha value is -4.26. The smallest absolute Gasteiger partial charge is 0.251 e. The minimum Gasteiger partial charge on any atom is -0.493 e. The molecule has 33 heavy (non-hydrogen) atoms. The van der Waals surface area contributed by atoms with Gasteiger partial charge in [-0.2, -0.15) is 10.5 Å². The number of carbonyl (C=O) groups excluding carboxylic acids is 1. The summed E-state index contributed by atoms with van der Waals surface area (Å²) in [6.07, 6.45) is 3.07. The number of halogens is 1. The fourth-order valence-electron chi connectivity index (χ4n) is 3.15. The van der Waals surface area contributed by atoms with Crippen molar-refractivity contribution in [2.24, 2.45) is 0 Å². The van der Waals surface area contributed by atoms with Gasteiger partial charge in [-0.1, -0.05) is 48.0 Å². The summed E-state index contributed by atoms with van der Waals surface area (Å²) in [6, 6.07) is 23.5. The van der Waals surface area contributed by atoms with Crippen LogP contribution < -0.4 is 14.4 Å². The van der Waals surface area contributed by atoms with Crippen LogP contribution in [-0.2, 0) is 11.3 Å². The van der Waals surface area contributed by atoms with Crippen LogP contribution >= 0.6 is 11.6 Å². The summed E-state index contributed by atoms with van der Waals surface area (Å²) in [6.45, 7) is 0.169. The Morgan fingerprint density at radius 3 is 2.55 bits per heavy atom. The molecule has 0 atom stereocenters. The Morgan fingerprint density at radius 2 is 1.85 bits per heavy atom. The van der Waals surface area contributed by atoms with Crippen molar-refractivity contribution < 1.29 is 14.3 Å². The third kappa shape index (κ3) is 6.13. The molecule has 0 aliphatic rings. The van der Waals surface area contributed by atoms with Gasteiger partial charge in [-0.05, 0) is 47.5 Å². The number of carbonyl (C=O) groups is 1. The Morgan fingerprint density at radius 1 is 1.06 bits per heavy atom. The molecule has 164 valence electrons. The average Bonchev–Trinajstić information content (AvgIpc) is 2.85. The molecule has 3 aromatic rings. The highest BCUT2D eigenvalue weighted by molar-refractivity contribution is 6.31. The average molecular weight is 458 g/mol. The van der Waals surface area contributed by atoms with Gasteiger partial charge in [0.05, 0.1) is 24.9 Å². The van der Waals surface area contributed by atoms with Crippen LogP contribution in [0.1, 0.15) is 16.7 Å². The minimum absolute atomic E-state index is 0.0979. The van der Waals surface area contributed by atoms with Gasteiger partial charge in [0.1, 0.15) is 12.1 Å². The van der Waals surface area contributed by atoms with E-state index in [1.54, 1.807) is 42.5 Å². The maximum Gasteiger partial charge on any atom is 0.251 e. The normalized spacial score (nSPS) is 10.3. The van der Waals surface area contributed by atoms with Crippen LogP contribution in [0.2, 0.25) is 5.02 Å². The monoisotopic (exact) mass is 457 g/mol. The van der Waals surface area contributed by atoms with E-state index in [1.165, 1.54) is 18.1 Å². The topological polar surface area (TPSA) is 86.3 Å². The Labute approximate surface area is 197 Å². The molecular formula is C26H20ClN3O3. The van der Waals surface area contributed by atoms with E-state index >= 15 is 0 Å². The molecule has 0 bridgehead atoms. The van der Waals surface area contributed by atoms with Crippen molar-refractivity contribution in [3.8, 4) is 23.6 Å². The first-order valence-electron chi connectivity index (χ1n) is 9.96. The van der Waals surface area contributed by atoms with Crippen LogP contribution in [0.4, 0.5) is 5.69 Å². The highest BCUT2D eigenvalue weighted by Crippen LogP contribution is 2.29. The van der Waals surface area contributed by atoms with Crippen LogP contribution in [-0.4, -0.2) is 19.6 Å². The number of ether oxygens (including phenoxy) is 2. The second-order valence-corrected chi connectivity index (χ2v) is 7.31. The SMILES string of the molecule is COc1cc(/C=C\C(=O)N(Cc2ccccc2)c2cc(Cl)ccc2C#N)ccc1OCC#N. The first-order valence-corrected chi connectivity index (χ1v) is 10.3. The van der Waals surface area contributed by atoms with Crippen LogP contribution in [0.15, 0.2) is 72.8 Å². The van der Waals surface area contributed by atoms with Crippen molar-refractivity contribution in [2.75, 3.05) is 18.6 Å². The van der Waals surface area contributed by atoms with Gasteiger partial charge < -0.3 is 14.4 Å². The number of hydrogen-bond acceptors (Lipinski definition) is 5. The summed E-state index contributed by atoms with van der Waals surface area (Å²) in [4.78, 5) is 14.8. The number of nitriles is 2. The number of anilines is 1. The molecule has 0 fully saturated rings. The lowest BCUT2D eigenvalue weighted by Crippen LogP contribution is -2.29. The maximum absolute atomic E-state index is 13.3. The first kappa shape index (κ1) is 23.4.